The van der Waals surface area contributed by atoms with Crippen molar-refractivity contribution in [1.82, 2.24) is 14.5 Å². The Morgan fingerprint density at radius 2 is 1.97 bits per heavy atom. The number of benzene rings is 2. The summed E-state index contributed by atoms with van der Waals surface area (Å²) >= 11 is 0. The quantitative estimate of drug-likeness (QED) is 0.486. The molecule has 0 bridgehead atoms. The molecule has 0 N–H and O–H groups in total. The van der Waals surface area contributed by atoms with Gasteiger partial charge < -0.3 is 14.4 Å². The van der Waals surface area contributed by atoms with Crippen LogP contribution in [0.5, 0.6) is 0 Å². The summed E-state index contributed by atoms with van der Waals surface area (Å²) in [5.41, 5.74) is 3.96. The van der Waals surface area contributed by atoms with Gasteiger partial charge in [0.05, 0.1) is 42.6 Å². The van der Waals surface area contributed by atoms with Gasteiger partial charge in [0.15, 0.2) is 0 Å². The van der Waals surface area contributed by atoms with Gasteiger partial charge in [-0.1, -0.05) is 0 Å². The summed E-state index contributed by atoms with van der Waals surface area (Å²) in [6.07, 6.45) is 3.30. The highest BCUT2D eigenvalue weighted by Crippen LogP contribution is 2.31. The van der Waals surface area contributed by atoms with Gasteiger partial charge in [0, 0.05) is 36.4 Å². The molecule has 5 rings (SSSR count). The van der Waals surface area contributed by atoms with Crippen LogP contribution in [0.25, 0.3) is 27.6 Å². The molecule has 0 spiro atoms. The van der Waals surface area contributed by atoms with Crippen molar-refractivity contribution < 1.29 is 18.7 Å². The Balaban J connectivity index is 1.75. The van der Waals surface area contributed by atoms with Crippen molar-refractivity contribution in [2.24, 2.45) is 0 Å². The van der Waals surface area contributed by atoms with Gasteiger partial charge in [0.25, 0.3) is 0 Å². The van der Waals surface area contributed by atoms with E-state index in [2.05, 4.69) is 14.9 Å². The molecule has 3 heterocycles. The molecule has 2 aromatic carbocycles. The van der Waals surface area contributed by atoms with Crippen molar-refractivity contribution in [2.75, 3.05) is 38.3 Å². The molecule has 0 atom stereocenters. The number of carbonyl (C=O) groups excluding carboxylic acids is 1. The van der Waals surface area contributed by atoms with Crippen LogP contribution in [0.15, 0.2) is 48.9 Å². The number of halogens is 1. The lowest BCUT2D eigenvalue weighted by molar-refractivity contribution is 0.0603. The van der Waals surface area contributed by atoms with Crippen LogP contribution in [-0.4, -0.2) is 53.9 Å². The molecule has 152 valence electrons. The minimum atomic E-state index is -0.443. The molecule has 0 radical (unpaired) electrons. The number of hydrogen-bond donors (Lipinski definition) is 0. The number of aromatic nitrogens is 3. The number of carbonyl (C=O) groups is 1. The van der Waals surface area contributed by atoms with Gasteiger partial charge >= 0.3 is 5.97 Å². The van der Waals surface area contributed by atoms with E-state index in [1.54, 1.807) is 18.6 Å². The van der Waals surface area contributed by atoms with E-state index in [0.717, 1.165) is 35.4 Å². The number of pyridine rings is 1. The molecular weight excluding hydrogens is 387 g/mol. The van der Waals surface area contributed by atoms with Crippen LogP contribution in [0.1, 0.15) is 10.4 Å². The molecule has 1 fully saturated rings. The number of anilines is 1. The van der Waals surface area contributed by atoms with Crippen LogP contribution in [0.2, 0.25) is 0 Å². The fraction of sp³-hybridized carbons (Fsp3) is 0.227. The Bertz CT molecular complexity index is 1260. The average Bonchev–Trinajstić information content (AvgIpc) is 3.21. The summed E-state index contributed by atoms with van der Waals surface area (Å²) in [4.78, 5) is 23.4. The third-order valence-corrected chi connectivity index (χ3v) is 5.36. The van der Waals surface area contributed by atoms with Crippen molar-refractivity contribution in [3.63, 3.8) is 0 Å². The molecule has 1 aliphatic heterocycles. The minimum Gasteiger partial charge on any atom is -0.465 e. The van der Waals surface area contributed by atoms with Crippen molar-refractivity contribution in [2.45, 2.75) is 0 Å². The highest BCUT2D eigenvalue weighted by Gasteiger charge is 2.21. The maximum Gasteiger partial charge on any atom is 0.340 e. The maximum absolute atomic E-state index is 13.7. The SMILES string of the molecule is COC(=O)c1cc(N2CCOCC2)cc2c1ncn2-c1ccnc2cc(F)ccc12. The summed E-state index contributed by atoms with van der Waals surface area (Å²) in [5, 5.41) is 0.787. The second-order valence-electron chi connectivity index (χ2n) is 7.06. The van der Waals surface area contributed by atoms with Gasteiger partial charge in [-0.05, 0) is 30.3 Å². The number of hydrogen-bond acceptors (Lipinski definition) is 6. The second kappa shape index (κ2) is 7.38. The second-order valence-corrected chi connectivity index (χ2v) is 7.06. The van der Waals surface area contributed by atoms with Crippen LogP contribution >= 0.6 is 0 Å². The summed E-state index contributed by atoms with van der Waals surface area (Å²) in [5.74, 6) is -0.785. The van der Waals surface area contributed by atoms with Gasteiger partial charge in [-0.15, -0.1) is 0 Å². The zero-order valence-electron chi connectivity index (χ0n) is 16.3. The Kier molecular flexibility index (Phi) is 4.55. The molecule has 1 saturated heterocycles. The van der Waals surface area contributed by atoms with Crippen LogP contribution in [-0.2, 0) is 9.47 Å². The van der Waals surface area contributed by atoms with E-state index < -0.39 is 5.97 Å². The van der Waals surface area contributed by atoms with E-state index in [1.165, 1.54) is 19.2 Å². The first-order valence-corrected chi connectivity index (χ1v) is 9.62. The highest BCUT2D eigenvalue weighted by molar-refractivity contribution is 6.04. The zero-order valence-corrected chi connectivity index (χ0v) is 16.3. The molecular formula is C22H19FN4O3. The summed E-state index contributed by atoms with van der Waals surface area (Å²) in [6.45, 7) is 2.73. The number of rotatable bonds is 3. The van der Waals surface area contributed by atoms with E-state index in [1.807, 2.05) is 22.8 Å². The average molecular weight is 406 g/mol. The fourth-order valence-electron chi connectivity index (χ4n) is 3.88. The van der Waals surface area contributed by atoms with Crippen molar-refractivity contribution in [3.05, 3.63) is 60.3 Å². The van der Waals surface area contributed by atoms with Gasteiger partial charge in [-0.2, -0.15) is 0 Å². The predicted molar refractivity (Wildman–Crippen MR) is 111 cm³/mol. The molecule has 0 aliphatic carbocycles. The summed E-state index contributed by atoms with van der Waals surface area (Å²) in [7, 11) is 1.36. The van der Waals surface area contributed by atoms with Crippen LogP contribution in [0.4, 0.5) is 10.1 Å². The van der Waals surface area contributed by atoms with Gasteiger partial charge in [-0.25, -0.2) is 14.2 Å². The topological polar surface area (TPSA) is 69.5 Å². The van der Waals surface area contributed by atoms with Gasteiger partial charge in [0.1, 0.15) is 17.7 Å². The first-order chi connectivity index (χ1) is 14.7. The first kappa shape index (κ1) is 18.5. The van der Waals surface area contributed by atoms with Crippen molar-refractivity contribution in [1.29, 1.82) is 0 Å². The van der Waals surface area contributed by atoms with E-state index in [4.69, 9.17) is 9.47 Å². The van der Waals surface area contributed by atoms with Crippen molar-refractivity contribution >= 4 is 33.6 Å². The standard InChI is InChI=1S/C22H19FN4O3/c1-29-22(28)17-11-15(26-6-8-30-9-7-26)12-20-21(17)25-13-27(20)19-4-5-24-18-10-14(23)2-3-16(18)19/h2-5,10-13H,6-9H2,1H3. The molecule has 4 aromatic rings. The Hall–Kier alpha value is -3.52. The third kappa shape index (κ3) is 3.05. The molecule has 7 nitrogen and oxygen atoms in total. The number of morpholine rings is 1. The number of fused-ring (bicyclic) bond motifs is 2. The molecule has 30 heavy (non-hydrogen) atoms. The number of imidazole rings is 1. The lowest BCUT2D eigenvalue weighted by Gasteiger charge is -2.29. The number of nitrogens with zero attached hydrogens (tertiary/aromatic N) is 4. The third-order valence-electron chi connectivity index (χ3n) is 5.36. The van der Waals surface area contributed by atoms with Crippen LogP contribution < -0.4 is 4.90 Å². The first-order valence-electron chi connectivity index (χ1n) is 9.62. The highest BCUT2D eigenvalue weighted by atomic mass is 19.1. The maximum atomic E-state index is 13.7. The molecule has 8 heteroatoms. The molecule has 0 amide bonds. The van der Waals surface area contributed by atoms with Crippen LogP contribution in [0, 0.1) is 5.82 Å². The minimum absolute atomic E-state index is 0.342. The van der Waals surface area contributed by atoms with Gasteiger partial charge in [-0.3, -0.25) is 9.55 Å². The molecule has 0 saturated carbocycles. The molecule has 0 unspecified atom stereocenters. The predicted octanol–water partition coefficient (Wildman–Crippen LogP) is 3.34. The van der Waals surface area contributed by atoms with E-state index in [9.17, 15) is 9.18 Å². The lowest BCUT2D eigenvalue weighted by atomic mass is 10.1. The Labute approximate surface area is 171 Å². The van der Waals surface area contributed by atoms with E-state index in [0.29, 0.717) is 29.8 Å². The smallest absolute Gasteiger partial charge is 0.340 e. The summed E-state index contributed by atoms with van der Waals surface area (Å²) in [6, 6.07) is 10.2. The zero-order chi connectivity index (χ0) is 20.7. The largest absolute Gasteiger partial charge is 0.465 e. The van der Waals surface area contributed by atoms with Gasteiger partial charge in [0.2, 0.25) is 0 Å². The number of methoxy groups -OCH3 is 1. The normalized spacial score (nSPS) is 14.4. The number of esters is 1. The van der Waals surface area contributed by atoms with E-state index >= 15 is 0 Å². The lowest BCUT2D eigenvalue weighted by Crippen LogP contribution is -2.36. The van der Waals surface area contributed by atoms with Crippen LogP contribution in [0.3, 0.4) is 0 Å². The fourth-order valence-corrected chi connectivity index (χ4v) is 3.88. The molecule has 1 aliphatic rings. The molecule has 2 aromatic heterocycles. The van der Waals surface area contributed by atoms with E-state index in [-0.39, 0.29) is 5.82 Å². The monoisotopic (exact) mass is 406 g/mol. The van der Waals surface area contributed by atoms with Crippen molar-refractivity contribution in [3.8, 4) is 5.69 Å². The Morgan fingerprint density at radius 3 is 2.77 bits per heavy atom. The number of ether oxygens (including phenoxy) is 2. The summed E-state index contributed by atoms with van der Waals surface area (Å²) < 4.78 is 26.0. The Morgan fingerprint density at radius 1 is 1.13 bits per heavy atom.